The number of ether oxygens (including phenoxy) is 2. The summed E-state index contributed by atoms with van der Waals surface area (Å²) >= 11 is 3.50. The SMILES string of the molecule is CCCNC(C)c1cc(Br)ccc1OCOCC. The Morgan fingerprint density at radius 2 is 2.11 bits per heavy atom. The molecule has 0 fully saturated rings. The van der Waals surface area contributed by atoms with Gasteiger partial charge in [-0.15, -0.1) is 0 Å². The van der Waals surface area contributed by atoms with Crippen LogP contribution in [0, 0.1) is 0 Å². The average Bonchev–Trinajstić information content (AvgIpc) is 2.38. The number of nitrogens with one attached hydrogen (secondary N) is 1. The molecule has 0 aliphatic carbocycles. The van der Waals surface area contributed by atoms with E-state index in [-0.39, 0.29) is 6.04 Å². The summed E-state index contributed by atoms with van der Waals surface area (Å²) in [4.78, 5) is 0. The molecule has 1 N–H and O–H groups in total. The lowest BCUT2D eigenvalue weighted by molar-refractivity contribution is 0.0216. The minimum Gasteiger partial charge on any atom is -0.467 e. The molecule has 0 aliphatic heterocycles. The zero-order valence-electron chi connectivity index (χ0n) is 11.3. The first kappa shape index (κ1) is 15.5. The van der Waals surface area contributed by atoms with E-state index in [4.69, 9.17) is 9.47 Å². The maximum absolute atomic E-state index is 5.65. The summed E-state index contributed by atoms with van der Waals surface area (Å²) < 4.78 is 11.9. The Bertz CT molecular complexity index is 358. The number of halogens is 1. The van der Waals surface area contributed by atoms with Gasteiger partial charge in [0.05, 0.1) is 0 Å². The molecular formula is C14H22BrNO2. The van der Waals surface area contributed by atoms with Crippen LogP contribution in [0.5, 0.6) is 5.75 Å². The van der Waals surface area contributed by atoms with E-state index in [0.29, 0.717) is 13.4 Å². The Labute approximate surface area is 118 Å². The number of hydrogen-bond acceptors (Lipinski definition) is 3. The van der Waals surface area contributed by atoms with Crippen molar-refractivity contribution in [2.75, 3.05) is 19.9 Å². The quantitative estimate of drug-likeness (QED) is 0.583. The summed E-state index contributed by atoms with van der Waals surface area (Å²) in [5.41, 5.74) is 1.15. The van der Waals surface area contributed by atoms with Crippen LogP contribution in [0.2, 0.25) is 0 Å². The molecule has 4 heteroatoms. The Balaban J connectivity index is 2.75. The Kier molecular flexibility index (Phi) is 7.32. The van der Waals surface area contributed by atoms with Crippen molar-refractivity contribution in [2.24, 2.45) is 0 Å². The van der Waals surface area contributed by atoms with Gasteiger partial charge in [-0.05, 0) is 45.0 Å². The van der Waals surface area contributed by atoms with E-state index in [9.17, 15) is 0 Å². The predicted molar refractivity (Wildman–Crippen MR) is 78.0 cm³/mol. The minimum atomic E-state index is 0.263. The van der Waals surface area contributed by atoms with E-state index in [1.807, 2.05) is 19.1 Å². The number of benzene rings is 1. The van der Waals surface area contributed by atoms with Crippen molar-refractivity contribution in [3.8, 4) is 5.75 Å². The van der Waals surface area contributed by atoms with Crippen LogP contribution in [0.1, 0.15) is 38.8 Å². The van der Waals surface area contributed by atoms with Crippen LogP contribution >= 0.6 is 15.9 Å². The monoisotopic (exact) mass is 315 g/mol. The van der Waals surface area contributed by atoms with E-state index in [0.717, 1.165) is 28.8 Å². The molecule has 102 valence electrons. The van der Waals surface area contributed by atoms with Crippen molar-refractivity contribution in [2.45, 2.75) is 33.2 Å². The molecule has 3 nitrogen and oxygen atoms in total. The second-order valence-electron chi connectivity index (χ2n) is 4.11. The van der Waals surface area contributed by atoms with E-state index >= 15 is 0 Å². The lowest BCUT2D eigenvalue weighted by atomic mass is 10.1. The fourth-order valence-electron chi connectivity index (χ4n) is 1.65. The predicted octanol–water partition coefficient (Wildman–Crippen LogP) is 3.88. The van der Waals surface area contributed by atoms with Crippen molar-refractivity contribution in [3.63, 3.8) is 0 Å². The van der Waals surface area contributed by atoms with E-state index in [2.05, 4.69) is 41.2 Å². The van der Waals surface area contributed by atoms with Crippen LogP contribution in [-0.4, -0.2) is 19.9 Å². The summed E-state index contributed by atoms with van der Waals surface area (Å²) in [5.74, 6) is 0.878. The molecule has 0 saturated heterocycles. The van der Waals surface area contributed by atoms with Crippen molar-refractivity contribution in [3.05, 3.63) is 28.2 Å². The van der Waals surface area contributed by atoms with Gasteiger partial charge in [-0.1, -0.05) is 22.9 Å². The zero-order chi connectivity index (χ0) is 13.4. The van der Waals surface area contributed by atoms with Crippen molar-refractivity contribution in [1.29, 1.82) is 0 Å². The highest BCUT2D eigenvalue weighted by atomic mass is 79.9. The zero-order valence-corrected chi connectivity index (χ0v) is 12.9. The largest absolute Gasteiger partial charge is 0.467 e. The minimum absolute atomic E-state index is 0.263. The highest BCUT2D eigenvalue weighted by Gasteiger charge is 2.11. The summed E-state index contributed by atoms with van der Waals surface area (Å²) in [6.07, 6.45) is 1.12. The van der Waals surface area contributed by atoms with Gasteiger partial charge in [0.2, 0.25) is 0 Å². The molecule has 0 heterocycles. The van der Waals surface area contributed by atoms with E-state index in [1.54, 1.807) is 0 Å². The third-order valence-corrected chi connectivity index (χ3v) is 3.13. The maximum atomic E-state index is 5.65. The molecule has 0 bridgehead atoms. The summed E-state index contributed by atoms with van der Waals surface area (Å²) in [7, 11) is 0. The van der Waals surface area contributed by atoms with Gasteiger partial charge in [0.15, 0.2) is 6.79 Å². The molecule has 1 aromatic carbocycles. The number of rotatable bonds is 8. The van der Waals surface area contributed by atoms with Crippen molar-refractivity contribution < 1.29 is 9.47 Å². The molecule has 0 radical (unpaired) electrons. The van der Waals surface area contributed by atoms with E-state index < -0.39 is 0 Å². The van der Waals surface area contributed by atoms with Crippen molar-refractivity contribution in [1.82, 2.24) is 5.32 Å². The van der Waals surface area contributed by atoms with Crippen LogP contribution in [0.4, 0.5) is 0 Å². The van der Waals surface area contributed by atoms with Crippen LogP contribution in [0.25, 0.3) is 0 Å². The molecule has 1 aromatic rings. The van der Waals surface area contributed by atoms with Crippen LogP contribution < -0.4 is 10.1 Å². The second-order valence-corrected chi connectivity index (χ2v) is 5.03. The summed E-state index contributed by atoms with van der Waals surface area (Å²) in [6, 6.07) is 6.31. The smallest absolute Gasteiger partial charge is 0.189 e. The van der Waals surface area contributed by atoms with Crippen LogP contribution in [0.15, 0.2) is 22.7 Å². The van der Waals surface area contributed by atoms with E-state index in [1.165, 1.54) is 0 Å². The average molecular weight is 316 g/mol. The Morgan fingerprint density at radius 1 is 1.33 bits per heavy atom. The third kappa shape index (κ3) is 4.96. The normalized spacial score (nSPS) is 12.4. The first-order chi connectivity index (χ1) is 8.69. The molecule has 1 atom stereocenters. The molecule has 0 spiro atoms. The van der Waals surface area contributed by atoms with Gasteiger partial charge in [-0.2, -0.15) is 0 Å². The van der Waals surface area contributed by atoms with Gasteiger partial charge >= 0.3 is 0 Å². The van der Waals surface area contributed by atoms with Gasteiger partial charge in [0.25, 0.3) is 0 Å². The van der Waals surface area contributed by atoms with Gasteiger partial charge in [-0.3, -0.25) is 0 Å². The Hall–Kier alpha value is -0.580. The first-order valence-electron chi connectivity index (χ1n) is 6.42. The first-order valence-corrected chi connectivity index (χ1v) is 7.21. The highest BCUT2D eigenvalue weighted by molar-refractivity contribution is 9.10. The lowest BCUT2D eigenvalue weighted by Crippen LogP contribution is -2.20. The van der Waals surface area contributed by atoms with Gasteiger partial charge in [-0.25, -0.2) is 0 Å². The maximum Gasteiger partial charge on any atom is 0.189 e. The van der Waals surface area contributed by atoms with Gasteiger partial charge in [0, 0.05) is 22.7 Å². The summed E-state index contributed by atoms with van der Waals surface area (Å²) in [6.45, 7) is 8.22. The molecule has 0 saturated carbocycles. The standard InChI is InChI=1S/C14H22BrNO2/c1-4-8-16-11(3)13-9-12(15)6-7-14(13)18-10-17-5-2/h6-7,9,11,16H,4-5,8,10H2,1-3H3. The molecule has 0 aliphatic rings. The fourth-order valence-corrected chi connectivity index (χ4v) is 2.03. The molecule has 0 amide bonds. The van der Waals surface area contributed by atoms with Crippen LogP contribution in [0.3, 0.4) is 0 Å². The topological polar surface area (TPSA) is 30.5 Å². The molecule has 1 unspecified atom stereocenters. The van der Waals surface area contributed by atoms with Crippen molar-refractivity contribution >= 4 is 15.9 Å². The molecular weight excluding hydrogens is 294 g/mol. The van der Waals surface area contributed by atoms with Gasteiger partial charge < -0.3 is 14.8 Å². The fraction of sp³-hybridized carbons (Fsp3) is 0.571. The number of hydrogen-bond donors (Lipinski definition) is 1. The third-order valence-electron chi connectivity index (χ3n) is 2.64. The second kappa shape index (κ2) is 8.51. The molecule has 1 rings (SSSR count). The Morgan fingerprint density at radius 3 is 2.78 bits per heavy atom. The van der Waals surface area contributed by atoms with Crippen LogP contribution in [-0.2, 0) is 4.74 Å². The lowest BCUT2D eigenvalue weighted by Gasteiger charge is -2.18. The molecule has 0 aromatic heterocycles. The van der Waals surface area contributed by atoms with Gasteiger partial charge in [0.1, 0.15) is 5.75 Å². The molecule has 18 heavy (non-hydrogen) atoms. The highest BCUT2D eigenvalue weighted by Crippen LogP contribution is 2.28. The summed E-state index contributed by atoms with van der Waals surface area (Å²) in [5, 5.41) is 3.46.